The van der Waals surface area contributed by atoms with Gasteiger partial charge in [-0.05, 0) is 55.8 Å². The maximum atomic E-state index is 13.4. The third-order valence-corrected chi connectivity index (χ3v) is 10.2. The van der Waals surface area contributed by atoms with Gasteiger partial charge in [0.15, 0.2) is 0 Å². The summed E-state index contributed by atoms with van der Waals surface area (Å²) in [5.41, 5.74) is 12.1. The third kappa shape index (κ3) is 16.2. The summed E-state index contributed by atoms with van der Waals surface area (Å²) in [7, 11) is 1.87. The van der Waals surface area contributed by atoms with Gasteiger partial charge >= 0.3 is 0 Å². The summed E-state index contributed by atoms with van der Waals surface area (Å²) in [6.07, 6.45) is 4.68. The van der Waals surface area contributed by atoms with E-state index in [1.165, 1.54) is 0 Å². The van der Waals surface area contributed by atoms with Gasteiger partial charge in [0.05, 0.1) is 97.1 Å². The number of aliphatic hydroxyl groups excluding tert-OH is 1. The zero-order valence-corrected chi connectivity index (χ0v) is 38.7. The molecule has 356 valence electrons. The van der Waals surface area contributed by atoms with Crippen LogP contribution in [0.15, 0.2) is 95.8 Å². The van der Waals surface area contributed by atoms with Crippen LogP contribution in [0.25, 0.3) is 28.3 Å². The van der Waals surface area contributed by atoms with Crippen molar-refractivity contribution in [3.8, 4) is 22.5 Å². The molecule has 4 aromatic rings. The van der Waals surface area contributed by atoms with Crippen LogP contribution in [-0.2, 0) is 51.1 Å². The molecular weight excluding hydrogens is 845 g/mol. The Hall–Kier alpha value is -5.95. The fraction of sp³-hybridized carbons (Fsp3) is 0.449. The van der Waals surface area contributed by atoms with Crippen LogP contribution >= 0.6 is 0 Å². The van der Waals surface area contributed by atoms with Crippen LogP contribution in [0.1, 0.15) is 57.6 Å². The average molecular weight is 911 g/mol. The van der Waals surface area contributed by atoms with E-state index in [2.05, 4.69) is 20.9 Å². The second-order valence-corrected chi connectivity index (χ2v) is 15.4. The van der Waals surface area contributed by atoms with Gasteiger partial charge in [-0.25, -0.2) is 4.68 Å². The second-order valence-electron chi connectivity index (χ2n) is 15.4. The number of hydrogen-bond donors (Lipinski definition) is 4. The summed E-state index contributed by atoms with van der Waals surface area (Å²) in [6, 6.07) is 23.4. The van der Waals surface area contributed by atoms with E-state index >= 15 is 0 Å². The molecule has 17 heteroatoms. The predicted molar refractivity (Wildman–Crippen MR) is 255 cm³/mol. The van der Waals surface area contributed by atoms with Crippen LogP contribution < -0.4 is 21.3 Å². The quantitative estimate of drug-likeness (QED) is 0.0216. The summed E-state index contributed by atoms with van der Waals surface area (Å²) < 4.78 is 36.8. The lowest BCUT2D eigenvalue weighted by Gasteiger charge is -2.28. The molecule has 2 amide bonds. The Morgan fingerprint density at radius 1 is 0.818 bits per heavy atom. The number of fused-ring (bicyclic) bond motifs is 5. The van der Waals surface area contributed by atoms with Crippen LogP contribution in [0.4, 0.5) is 11.4 Å². The van der Waals surface area contributed by atoms with E-state index in [0.717, 1.165) is 39.5 Å². The number of carbonyl (C=O) groups is 2. The molecule has 0 atom stereocenters. The maximum absolute atomic E-state index is 13.4. The SMILES string of the molecule is CC/C(=C/NC(CCOCCOCCOCCOCCOCCn1nnc2c1-c1ccccc1CN(C(=O)CCC(N)=O)c1ccccc1-2)=NC(C)C)O/C(=C\CO)c1ccc(NC)cc1. The van der Waals surface area contributed by atoms with Crippen molar-refractivity contribution in [1.82, 2.24) is 20.3 Å². The number of nitrogens with zero attached hydrogens (tertiary/aromatic N) is 5. The molecule has 1 aromatic heterocycles. The first-order chi connectivity index (χ1) is 32.2. The first kappa shape index (κ1) is 51.0. The number of amidine groups is 1. The lowest BCUT2D eigenvalue weighted by Crippen LogP contribution is -2.32. The number of allylic oxidation sites excluding steroid dienone is 1. The highest BCUT2D eigenvalue weighted by molar-refractivity contribution is 6.01. The van der Waals surface area contributed by atoms with E-state index in [1.807, 2.05) is 111 Å². The van der Waals surface area contributed by atoms with Crippen LogP contribution in [0.5, 0.6) is 0 Å². The summed E-state index contributed by atoms with van der Waals surface area (Å²) in [6.45, 7) is 11.0. The van der Waals surface area contributed by atoms with Gasteiger partial charge in [-0.3, -0.25) is 14.6 Å². The largest absolute Gasteiger partial charge is 0.460 e. The second kappa shape index (κ2) is 28.2. The van der Waals surface area contributed by atoms with Crippen molar-refractivity contribution in [3.63, 3.8) is 0 Å². The number of rotatable bonds is 29. The van der Waals surface area contributed by atoms with Crippen molar-refractivity contribution in [2.24, 2.45) is 10.7 Å². The number of primary amides is 1. The van der Waals surface area contributed by atoms with E-state index in [-0.39, 0.29) is 31.4 Å². The highest BCUT2D eigenvalue weighted by atomic mass is 16.6. The van der Waals surface area contributed by atoms with Crippen LogP contribution in [-0.4, -0.2) is 124 Å². The van der Waals surface area contributed by atoms with Gasteiger partial charge in [0.2, 0.25) is 11.8 Å². The molecule has 0 saturated carbocycles. The molecule has 1 aliphatic rings. The lowest BCUT2D eigenvalue weighted by molar-refractivity contribution is -0.123. The molecule has 0 radical (unpaired) electrons. The van der Waals surface area contributed by atoms with E-state index in [1.54, 1.807) is 11.0 Å². The van der Waals surface area contributed by atoms with Crippen LogP contribution in [0, 0.1) is 0 Å². The first-order valence-electron chi connectivity index (χ1n) is 22.6. The Morgan fingerprint density at radius 3 is 2.06 bits per heavy atom. The Bertz CT molecular complexity index is 2210. The minimum Gasteiger partial charge on any atom is -0.460 e. The van der Waals surface area contributed by atoms with Crippen molar-refractivity contribution in [3.05, 3.63) is 102 Å². The van der Waals surface area contributed by atoms with Gasteiger partial charge in [0.1, 0.15) is 23.0 Å². The molecule has 17 nitrogen and oxygen atoms in total. The fourth-order valence-corrected chi connectivity index (χ4v) is 6.96. The van der Waals surface area contributed by atoms with E-state index in [0.29, 0.717) is 115 Å². The van der Waals surface area contributed by atoms with Crippen molar-refractivity contribution in [2.75, 3.05) is 89.9 Å². The normalized spacial score (nSPS) is 12.9. The lowest BCUT2D eigenvalue weighted by atomic mass is 9.95. The number of amides is 2. The number of nitrogens with two attached hydrogens (primary N) is 1. The number of anilines is 2. The first-order valence-corrected chi connectivity index (χ1v) is 22.6. The number of para-hydroxylation sites is 1. The number of nitrogens with one attached hydrogen (secondary N) is 2. The summed E-state index contributed by atoms with van der Waals surface area (Å²) in [5.74, 6) is 1.36. The van der Waals surface area contributed by atoms with Crippen molar-refractivity contribution in [2.45, 2.75) is 65.6 Å². The number of aromatic nitrogens is 3. The third-order valence-electron chi connectivity index (χ3n) is 10.2. The standard InChI is InChI=1S/C49H66N8O9/c1-5-40(66-44(20-23-58)37-14-16-39(51-4)17-15-37)34-52-46(53-36(2)3)21-24-61-26-28-63-30-32-65-33-31-64-29-27-62-25-22-57-49-41-11-7-6-10-38(41)35-56(47(60)19-18-45(50)59)43-13-9-8-12-42(43)48(49)54-55-57/h6-17,20,34,36,51,58H,5,18-19,21-33,35H2,1-4H3,(H2,50,59)(H,52,53)/b40-34-,44-20-. The van der Waals surface area contributed by atoms with E-state index < -0.39 is 5.91 Å². The fourth-order valence-electron chi connectivity index (χ4n) is 6.96. The van der Waals surface area contributed by atoms with E-state index in [9.17, 15) is 14.7 Å². The molecule has 2 heterocycles. The molecule has 66 heavy (non-hydrogen) atoms. The number of aliphatic imine (C=N–C) groups is 1. The summed E-state index contributed by atoms with van der Waals surface area (Å²) in [5, 5.41) is 25.1. The molecular formula is C49H66N8O9. The minimum absolute atomic E-state index is 0.0163. The van der Waals surface area contributed by atoms with Gasteiger partial charge < -0.3 is 54.8 Å². The van der Waals surface area contributed by atoms with Gasteiger partial charge in [-0.2, -0.15) is 0 Å². The Balaban J connectivity index is 0.935. The molecule has 0 fully saturated rings. The van der Waals surface area contributed by atoms with Crippen molar-refractivity contribution < 1.29 is 43.1 Å². The highest BCUT2D eigenvalue weighted by Crippen LogP contribution is 2.41. The number of carbonyl (C=O) groups excluding carboxylic acids is 2. The van der Waals surface area contributed by atoms with Gasteiger partial charge in [0.25, 0.3) is 0 Å². The molecule has 0 bridgehead atoms. The smallest absolute Gasteiger partial charge is 0.227 e. The summed E-state index contributed by atoms with van der Waals surface area (Å²) >= 11 is 0. The molecule has 0 saturated heterocycles. The molecule has 1 aliphatic heterocycles. The number of aliphatic hydroxyl groups is 1. The number of ether oxygens (including phenoxy) is 6. The Labute approximate surface area is 387 Å². The monoisotopic (exact) mass is 910 g/mol. The topological polar surface area (TPSA) is 206 Å². The van der Waals surface area contributed by atoms with Gasteiger partial charge in [0, 0.05) is 67.4 Å². The predicted octanol–water partition coefficient (Wildman–Crippen LogP) is 5.94. The van der Waals surface area contributed by atoms with Crippen LogP contribution in [0.2, 0.25) is 0 Å². The molecule has 3 aromatic carbocycles. The molecule has 5 N–H and O–H groups in total. The average Bonchev–Trinajstić information content (AvgIpc) is 3.74. The van der Waals surface area contributed by atoms with Crippen molar-refractivity contribution >= 4 is 34.8 Å². The maximum Gasteiger partial charge on any atom is 0.227 e. The van der Waals surface area contributed by atoms with Crippen LogP contribution in [0.3, 0.4) is 0 Å². The van der Waals surface area contributed by atoms with E-state index in [4.69, 9.17) is 39.1 Å². The Kier molecular flexibility index (Phi) is 21.8. The minimum atomic E-state index is -0.516. The summed E-state index contributed by atoms with van der Waals surface area (Å²) in [4.78, 5) is 31.3. The zero-order chi connectivity index (χ0) is 46.9. The zero-order valence-electron chi connectivity index (χ0n) is 38.7. The Morgan fingerprint density at radius 2 is 1.44 bits per heavy atom. The number of hydrogen-bond acceptors (Lipinski definition) is 13. The molecule has 0 spiro atoms. The molecule has 5 rings (SSSR count). The van der Waals surface area contributed by atoms with Gasteiger partial charge in [-0.15, -0.1) is 5.10 Å². The molecule has 0 aliphatic carbocycles. The number of benzene rings is 3. The molecule has 0 unspecified atom stereocenters. The van der Waals surface area contributed by atoms with Gasteiger partial charge in [-0.1, -0.05) is 54.6 Å². The highest BCUT2D eigenvalue weighted by Gasteiger charge is 2.29. The van der Waals surface area contributed by atoms with Crippen molar-refractivity contribution in [1.29, 1.82) is 0 Å².